The summed E-state index contributed by atoms with van der Waals surface area (Å²) in [5.74, 6) is 0.700. The van der Waals surface area contributed by atoms with Gasteiger partial charge in [-0.15, -0.1) is 11.3 Å². The van der Waals surface area contributed by atoms with Gasteiger partial charge in [-0.05, 0) is 36.4 Å². The monoisotopic (exact) mass is 475 g/mol. The molecule has 0 aliphatic carbocycles. The molecule has 0 radical (unpaired) electrons. The van der Waals surface area contributed by atoms with Gasteiger partial charge in [-0.3, -0.25) is 9.20 Å². The molecule has 0 unspecified atom stereocenters. The minimum atomic E-state index is -0.280. The standard InChI is InChI=1S/C24H18FN5OS2/c25-17-5-1-15(2-6-17)21-13-30-19(14-33-24(30)28-21)11-22(31)26-18-7-3-16(4-8-18)20-12-29-9-10-32-23(29)27-20/h1-8,12-14H,9-11H2,(H,26,31). The molecule has 1 aliphatic rings. The Balaban J connectivity index is 1.15. The Morgan fingerprint density at radius 1 is 1.00 bits per heavy atom. The van der Waals surface area contributed by atoms with E-state index in [0.29, 0.717) is 0 Å². The number of nitrogens with one attached hydrogen (secondary N) is 1. The quantitative estimate of drug-likeness (QED) is 0.372. The van der Waals surface area contributed by atoms with Crippen LogP contribution in [0.15, 0.2) is 71.5 Å². The first-order valence-corrected chi connectivity index (χ1v) is 12.3. The first-order chi connectivity index (χ1) is 16.1. The van der Waals surface area contributed by atoms with Crippen LogP contribution < -0.4 is 5.32 Å². The van der Waals surface area contributed by atoms with Crippen LogP contribution in [0.25, 0.3) is 27.5 Å². The van der Waals surface area contributed by atoms with Crippen molar-refractivity contribution >= 4 is 39.7 Å². The maximum atomic E-state index is 13.2. The van der Waals surface area contributed by atoms with Crippen molar-refractivity contribution in [2.75, 3.05) is 11.1 Å². The van der Waals surface area contributed by atoms with Gasteiger partial charge in [0.25, 0.3) is 0 Å². The van der Waals surface area contributed by atoms with E-state index in [4.69, 9.17) is 0 Å². The number of rotatable bonds is 5. The summed E-state index contributed by atoms with van der Waals surface area (Å²) < 4.78 is 17.3. The fourth-order valence-electron chi connectivity index (χ4n) is 3.86. The van der Waals surface area contributed by atoms with Crippen LogP contribution in [0.2, 0.25) is 0 Å². The smallest absolute Gasteiger partial charge is 0.230 e. The van der Waals surface area contributed by atoms with Gasteiger partial charge in [-0.1, -0.05) is 23.9 Å². The van der Waals surface area contributed by atoms with Gasteiger partial charge < -0.3 is 9.88 Å². The molecule has 4 heterocycles. The molecule has 5 aromatic rings. The van der Waals surface area contributed by atoms with E-state index in [-0.39, 0.29) is 18.1 Å². The van der Waals surface area contributed by atoms with Crippen molar-refractivity contribution < 1.29 is 9.18 Å². The molecule has 33 heavy (non-hydrogen) atoms. The van der Waals surface area contributed by atoms with Crippen molar-refractivity contribution in [1.29, 1.82) is 0 Å². The fourth-order valence-corrected chi connectivity index (χ4v) is 5.68. The predicted molar refractivity (Wildman–Crippen MR) is 129 cm³/mol. The third-order valence-corrected chi connectivity index (χ3v) is 7.39. The summed E-state index contributed by atoms with van der Waals surface area (Å²) >= 11 is 3.25. The van der Waals surface area contributed by atoms with Gasteiger partial charge in [0.05, 0.1) is 17.8 Å². The van der Waals surface area contributed by atoms with Crippen LogP contribution in [-0.2, 0) is 17.8 Å². The summed E-state index contributed by atoms with van der Waals surface area (Å²) in [6.45, 7) is 0.999. The zero-order chi connectivity index (χ0) is 22.4. The second-order valence-electron chi connectivity index (χ2n) is 7.77. The van der Waals surface area contributed by atoms with E-state index in [9.17, 15) is 9.18 Å². The summed E-state index contributed by atoms with van der Waals surface area (Å²) in [5, 5.41) is 5.97. The molecular formula is C24H18FN5OS2. The molecule has 6 nitrogen and oxygen atoms in total. The van der Waals surface area contributed by atoms with Crippen LogP contribution >= 0.6 is 23.1 Å². The summed E-state index contributed by atoms with van der Waals surface area (Å²) in [5.41, 5.74) is 5.17. The van der Waals surface area contributed by atoms with Crippen LogP contribution in [0.5, 0.6) is 0 Å². The summed E-state index contributed by atoms with van der Waals surface area (Å²) in [6.07, 6.45) is 4.19. The molecular weight excluding hydrogens is 457 g/mol. The summed E-state index contributed by atoms with van der Waals surface area (Å²) in [6, 6.07) is 14.0. The number of anilines is 1. The highest BCUT2D eigenvalue weighted by Gasteiger charge is 2.16. The first-order valence-electron chi connectivity index (χ1n) is 10.4. The minimum absolute atomic E-state index is 0.100. The highest BCUT2D eigenvalue weighted by atomic mass is 32.2. The third-order valence-electron chi connectivity index (χ3n) is 5.53. The lowest BCUT2D eigenvalue weighted by Gasteiger charge is -2.06. The normalized spacial score (nSPS) is 12.9. The molecule has 0 saturated heterocycles. The largest absolute Gasteiger partial charge is 0.326 e. The Labute approximate surface area is 197 Å². The average Bonchev–Trinajstić information content (AvgIpc) is 3.57. The molecule has 1 N–H and O–H groups in total. The van der Waals surface area contributed by atoms with Crippen molar-refractivity contribution in [1.82, 2.24) is 18.9 Å². The van der Waals surface area contributed by atoms with Crippen molar-refractivity contribution in [2.24, 2.45) is 0 Å². The van der Waals surface area contributed by atoms with Crippen LogP contribution in [-0.4, -0.2) is 30.6 Å². The molecule has 0 fully saturated rings. The Morgan fingerprint density at radius 2 is 1.73 bits per heavy atom. The lowest BCUT2D eigenvalue weighted by atomic mass is 10.1. The Morgan fingerprint density at radius 3 is 2.48 bits per heavy atom. The van der Waals surface area contributed by atoms with Gasteiger partial charge >= 0.3 is 0 Å². The highest BCUT2D eigenvalue weighted by Crippen LogP contribution is 2.29. The van der Waals surface area contributed by atoms with Gasteiger partial charge in [-0.25, -0.2) is 14.4 Å². The molecule has 1 aliphatic heterocycles. The number of halogens is 1. The number of nitrogens with zero attached hydrogens (tertiary/aromatic N) is 4. The molecule has 164 valence electrons. The van der Waals surface area contributed by atoms with Crippen LogP contribution in [0.3, 0.4) is 0 Å². The second-order valence-corrected chi connectivity index (χ2v) is 9.66. The SMILES string of the molecule is O=C(Cc1csc2nc(-c3ccc(F)cc3)cn12)Nc1ccc(-c2cn3c(n2)SCC3)cc1. The van der Waals surface area contributed by atoms with E-state index in [2.05, 4.69) is 26.0 Å². The van der Waals surface area contributed by atoms with E-state index in [0.717, 1.165) is 56.3 Å². The van der Waals surface area contributed by atoms with Gasteiger partial charge in [-0.2, -0.15) is 0 Å². The maximum Gasteiger partial charge on any atom is 0.230 e. The van der Waals surface area contributed by atoms with Crippen molar-refractivity contribution in [3.63, 3.8) is 0 Å². The van der Waals surface area contributed by atoms with E-state index in [1.807, 2.05) is 40.2 Å². The van der Waals surface area contributed by atoms with Crippen LogP contribution in [0, 0.1) is 5.82 Å². The number of fused-ring (bicyclic) bond motifs is 2. The molecule has 0 bridgehead atoms. The zero-order valence-corrected chi connectivity index (χ0v) is 19.0. The van der Waals surface area contributed by atoms with Gasteiger partial charge in [0.1, 0.15) is 5.82 Å². The number of amides is 1. The van der Waals surface area contributed by atoms with Crippen molar-refractivity contribution in [3.8, 4) is 22.5 Å². The number of thiazole rings is 1. The van der Waals surface area contributed by atoms with Crippen LogP contribution in [0.1, 0.15) is 5.69 Å². The van der Waals surface area contributed by atoms with Gasteiger partial charge in [0.15, 0.2) is 10.1 Å². The maximum absolute atomic E-state index is 13.2. The topological polar surface area (TPSA) is 64.2 Å². The number of imidazole rings is 2. The Bertz CT molecular complexity index is 1450. The van der Waals surface area contributed by atoms with E-state index >= 15 is 0 Å². The number of benzene rings is 2. The van der Waals surface area contributed by atoms with E-state index in [1.165, 1.54) is 23.5 Å². The highest BCUT2D eigenvalue weighted by molar-refractivity contribution is 7.99. The van der Waals surface area contributed by atoms with Gasteiger partial charge in [0.2, 0.25) is 5.91 Å². The van der Waals surface area contributed by atoms with E-state index in [1.54, 1.807) is 23.9 Å². The number of carbonyl (C=O) groups excluding carboxylic acids is 1. The zero-order valence-electron chi connectivity index (χ0n) is 17.4. The number of aryl methyl sites for hydroxylation is 1. The molecule has 2 aromatic carbocycles. The molecule has 6 rings (SSSR count). The van der Waals surface area contributed by atoms with Crippen LogP contribution in [0.4, 0.5) is 10.1 Å². The van der Waals surface area contributed by atoms with Crippen molar-refractivity contribution in [2.45, 2.75) is 18.1 Å². The molecule has 0 atom stereocenters. The average molecular weight is 476 g/mol. The molecule has 9 heteroatoms. The molecule has 0 saturated carbocycles. The number of aromatic nitrogens is 4. The second kappa shape index (κ2) is 8.17. The minimum Gasteiger partial charge on any atom is -0.326 e. The summed E-state index contributed by atoms with van der Waals surface area (Å²) in [7, 11) is 0. The molecule has 1 amide bonds. The number of carbonyl (C=O) groups is 1. The van der Waals surface area contributed by atoms with Crippen molar-refractivity contribution in [3.05, 3.63) is 77.8 Å². The van der Waals surface area contributed by atoms with E-state index < -0.39 is 0 Å². The number of hydrogen-bond acceptors (Lipinski definition) is 5. The third kappa shape index (κ3) is 3.94. The predicted octanol–water partition coefficient (Wildman–Crippen LogP) is 5.35. The van der Waals surface area contributed by atoms with Gasteiger partial charge in [0, 0.05) is 52.6 Å². The number of thioether (sulfide) groups is 1. The Hall–Kier alpha value is -3.43. The first kappa shape index (κ1) is 20.2. The fraction of sp³-hybridized carbons (Fsp3) is 0.125. The Kier molecular flexibility index (Phi) is 5.00. The lowest BCUT2D eigenvalue weighted by molar-refractivity contribution is -0.115. The molecule has 0 spiro atoms. The lowest BCUT2D eigenvalue weighted by Crippen LogP contribution is -2.15. The number of hydrogen-bond donors (Lipinski definition) is 1. The summed E-state index contributed by atoms with van der Waals surface area (Å²) in [4.78, 5) is 22.8. The molecule has 3 aromatic heterocycles.